The highest BCUT2D eigenvalue weighted by Crippen LogP contribution is 2.19. The van der Waals surface area contributed by atoms with E-state index in [9.17, 15) is 9.59 Å². The first-order valence-corrected chi connectivity index (χ1v) is 7.91. The summed E-state index contributed by atoms with van der Waals surface area (Å²) in [5, 5.41) is 15.9. The number of rotatable bonds is 5. The quantitative estimate of drug-likeness (QED) is 0.841. The van der Waals surface area contributed by atoms with Crippen LogP contribution in [0.2, 0.25) is 0 Å². The zero-order valence-corrected chi connectivity index (χ0v) is 13.7. The number of carbonyl (C=O) groups is 2. The summed E-state index contributed by atoms with van der Waals surface area (Å²) in [6.45, 7) is 0.880. The van der Waals surface area contributed by atoms with Crippen LogP contribution in [-0.4, -0.2) is 52.1 Å². The second-order valence-corrected chi connectivity index (χ2v) is 5.77. The molecule has 2 unspecified atom stereocenters. The first-order chi connectivity index (χ1) is 12.0. The maximum Gasteiger partial charge on any atom is 0.335 e. The van der Waals surface area contributed by atoms with Crippen LogP contribution in [0.5, 0.6) is 5.75 Å². The molecule has 1 fully saturated rings. The molecule has 2 aromatic rings. The molecule has 2 atom stereocenters. The number of benzene rings is 1. The highest BCUT2D eigenvalue weighted by molar-refractivity contribution is 5.92. The van der Waals surface area contributed by atoms with Crippen molar-refractivity contribution in [2.24, 2.45) is 7.05 Å². The third kappa shape index (κ3) is 3.97. The molecule has 8 nitrogen and oxygen atoms in total. The Morgan fingerprint density at radius 3 is 2.72 bits per heavy atom. The van der Waals surface area contributed by atoms with Crippen molar-refractivity contribution in [1.29, 1.82) is 0 Å². The number of ether oxygens (including phenoxy) is 2. The molecule has 1 amide bonds. The predicted octanol–water partition coefficient (Wildman–Crippen LogP) is 1.08. The van der Waals surface area contributed by atoms with Gasteiger partial charge < -0.3 is 19.9 Å². The average molecular weight is 345 g/mol. The van der Waals surface area contributed by atoms with E-state index in [0.717, 1.165) is 0 Å². The lowest BCUT2D eigenvalue weighted by Gasteiger charge is -2.32. The summed E-state index contributed by atoms with van der Waals surface area (Å²) in [6.07, 6.45) is 1.83. The molecule has 1 aromatic carbocycles. The molecular formula is C17H19N3O5. The first kappa shape index (κ1) is 17.0. The lowest BCUT2D eigenvalue weighted by Crippen LogP contribution is -2.51. The Hall–Kier alpha value is -2.87. The molecule has 25 heavy (non-hydrogen) atoms. The molecule has 0 spiro atoms. The van der Waals surface area contributed by atoms with Crippen molar-refractivity contribution in [3.8, 4) is 5.75 Å². The van der Waals surface area contributed by atoms with Gasteiger partial charge in [-0.05, 0) is 36.8 Å². The van der Waals surface area contributed by atoms with E-state index in [-0.39, 0.29) is 23.6 Å². The van der Waals surface area contributed by atoms with Crippen LogP contribution in [0.3, 0.4) is 0 Å². The van der Waals surface area contributed by atoms with Crippen LogP contribution in [-0.2, 0) is 11.8 Å². The van der Waals surface area contributed by atoms with E-state index in [1.165, 1.54) is 16.8 Å². The highest BCUT2D eigenvalue weighted by Gasteiger charge is 2.29. The van der Waals surface area contributed by atoms with Crippen LogP contribution in [0.25, 0.3) is 0 Å². The number of aryl methyl sites for hydroxylation is 1. The van der Waals surface area contributed by atoms with E-state index in [2.05, 4.69) is 10.4 Å². The van der Waals surface area contributed by atoms with E-state index >= 15 is 0 Å². The van der Waals surface area contributed by atoms with Crippen LogP contribution in [0, 0.1) is 0 Å². The van der Waals surface area contributed by atoms with Crippen molar-refractivity contribution in [2.45, 2.75) is 18.6 Å². The fourth-order valence-electron chi connectivity index (χ4n) is 2.68. The third-order valence-electron chi connectivity index (χ3n) is 4.06. The number of carboxylic acids is 1. The van der Waals surface area contributed by atoms with E-state index in [1.54, 1.807) is 31.4 Å². The summed E-state index contributed by atoms with van der Waals surface area (Å²) in [6, 6.07) is 7.58. The zero-order chi connectivity index (χ0) is 17.8. The largest absolute Gasteiger partial charge is 0.486 e. The number of hydrogen-bond donors (Lipinski definition) is 2. The van der Waals surface area contributed by atoms with Crippen LogP contribution >= 0.6 is 0 Å². The van der Waals surface area contributed by atoms with Gasteiger partial charge in [-0.1, -0.05) is 0 Å². The van der Waals surface area contributed by atoms with Crippen LogP contribution in [0.15, 0.2) is 36.5 Å². The van der Waals surface area contributed by atoms with Crippen molar-refractivity contribution < 1.29 is 24.2 Å². The molecule has 1 aliphatic rings. The van der Waals surface area contributed by atoms with Crippen molar-refractivity contribution in [2.75, 3.05) is 13.2 Å². The molecule has 1 aromatic heterocycles. The topological polar surface area (TPSA) is 103 Å². The van der Waals surface area contributed by atoms with Crippen LogP contribution < -0.4 is 10.1 Å². The molecule has 2 heterocycles. The smallest absolute Gasteiger partial charge is 0.335 e. The average Bonchev–Trinajstić information content (AvgIpc) is 3.03. The van der Waals surface area contributed by atoms with Crippen molar-refractivity contribution in [3.05, 3.63) is 47.8 Å². The summed E-state index contributed by atoms with van der Waals surface area (Å²) in [4.78, 5) is 23.3. The van der Waals surface area contributed by atoms with Crippen LogP contribution in [0.4, 0.5) is 0 Å². The summed E-state index contributed by atoms with van der Waals surface area (Å²) < 4.78 is 12.9. The van der Waals surface area contributed by atoms with Gasteiger partial charge in [-0.3, -0.25) is 9.48 Å². The Kier molecular flexibility index (Phi) is 4.99. The van der Waals surface area contributed by atoms with Gasteiger partial charge in [0, 0.05) is 19.9 Å². The molecule has 0 aliphatic carbocycles. The predicted molar refractivity (Wildman–Crippen MR) is 87.7 cm³/mol. The van der Waals surface area contributed by atoms with Gasteiger partial charge in [0.1, 0.15) is 17.5 Å². The molecule has 3 rings (SSSR count). The minimum absolute atomic E-state index is 0.188. The Morgan fingerprint density at radius 1 is 1.32 bits per heavy atom. The van der Waals surface area contributed by atoms with Gasteiger partial charge in [-0.15, -0.1) is 0 Å². The number of nitrogens with zero attached hydrogens (tertiary/aromatic N) is 2. The summed E-state index contributed by atoms with van der Waals surface area (Å²) in [5.41, 5.74) is 0.657. The zero-order valence-electron chi connectivity index (χ0n) is 13.7. The first-order valence-electron chi connectivity index (χ1n) is 7.91. The lowest BCUT2D eigenvalue weighted by atomic mass is 10.1. The molecular weight excluding hydrogens is 326 g/mol. The number of aromatic nitrogens is 2. The van der Waals surface area contributed by atoms with Gasteiger partial charge in [0.15, 0.2) is 0 Å². The van der Waals surface area contributed by atoms with Gasteiger partial charge in [0.05, 0.1) is 18.2 Å². The summed E-state index contributed by atoms with van der Waals surface area (Å²) in [7, 11) is 1.71. The standard InChI is InChI=1S/C17H19N3O5/c1-20-14(6-8-18-20)16(21)19-13-7-9-24-10-15(13)25-12-4-2-11(3-5-12)17(22)23/h2-6,8,13,15H,7,9-10H2,1H3,(H,19,21)(H,22,23). The number of aromatic carboxylic acids is 1. The molecule has 1 aliphatic heterocycles. The van der Waals surface area contributed by atoms with Crippen molar-refractivity contribution >= 4 is 11.9 Å². The van der Waals surface area contributed by atoms with Crippen LogP contribution in [0.1, 0.15) is 27.3 Å². The van der Waals surface area contributed by atoms with Crippen molar-refractivity contribution in [3.63, 3.8) is 0 Å². The maximum absolute atomic E-state index is 12.4. The van der Waals surface area contributed by atoms with Gasteiger partial charge in [0.25, 0.3) is 5.91 Å². The van der Waals surface area contributed by atoms with E-state index < -0.39 is 5.97 Å². The molecule has 0 radical (unpaired) electrons. The second-order valence-electron chi connectivity index (χ2n) is 5.77. The second kappa shape index (κ2) is 7.35. The molecule has 132 valence electrons. The van der Waals surface area contributed by atoms with Gasteiger partial charge in [-0.2, -0.15) is 5.10 Å². The summed E-state index contributed by atoms with van der Waals surface area (Å²) in [5.74, 6) is -0.684. The lowest BCUT2D eigenvalue weighted by molar-refractivity contribution is -0.0136. The minimum Gasteiger partial charge on any atom is -0.486 e. The van der Waals surface area contributed by atoms with E-state index in [4.69, 9.17) is 14.6 Å². The Balaban J connectivity index is 1.67. The Labute approximate surface area is 144 Å². The molecule has 2 N–H and O–H groups in total. The van der Waals surface area contributed by atoms with Gasteiger partial charge in [-0.25, -0.2) is 4.79 Å². The fourth-order valence-corrected chi connectivity index (χ4v) is 2.68. The molecule has 1 saturated heterocycles. The maximum atomic E-state index is 12.4. The normalized spacial score (nSPS) is 20.0. The molecule has 8 heteroatoms. The minimum atomic E-state index is -0.992. The van der Waals surface area contributed by atoms with E-state index in [0.29, 0.717) is 31.1 Å². The summed E-state index contributed by atoms with van der Waals surface area (Å²) >= 11 is 0. The molecule has 0 saturated carbocycles. The number of nitrogens with one attached hydrogen (secondary N) is 1. The Morgan fingerprint density at radius 2 is 2.08 bits per heavy atom. The SMILES string of the molecule is Cn1nccc1C(=O)NC1CCOCC1Oc1ccc(C(=O)O)cc1. The fraction of sp³-hybridized carbons (Fsp3) is 0.353. The number of carbonyl (C=O) groups excluding carboxylic acids is 1. The number of hydrogen-bond acceptors (Lipinski definition) is 5. The van der Waals surface area contributed by atoms with Gasteiger partial charge >= 0.3 is 5.97 Å². The third-order valence-corrected chi connectivity index (χ3v) is 4.06. The van der Waals surface area contributed by atoms with Gasteiger partial charge in [0.2, 0.25) is 0 Å². The number of carboxylic acid groups (broad SMARTS) is 1. The highest BCUT2D eigenvalue weighted by atomic mass is 16.5. The monoisotopic (exact) mass is 345 g/mol. The Bertz CT molecular complexity index is 756. The number of amides is 1. The van der Waals surface area contributed by atoms with E-state index in [1.807, 2.05) is 0 Å². The van der Waals surface area contributed by atoms with Crippen molar-refractivity contribution in [1.82, 2.24) is 15.1 Å². The molecule has 0 bridgehead atoms.